The van der Waals surface area contributed by atoms with Gasteiger partial charge in [0.2, 0.25) is 0 Å². The van der Waals surface area contributed by atoms with E-state index >= 15 is 0 Å². The Kier molecular flexibility index (Phi) is 3.19. The number of hydrogen-bond acceptors (Lipinski definition) is 4. The van der Waals surface area contributed by atoms with Gasteiger partial charge in [-0.05, 0) is 24.8 Å². The third-order valence-corrected chi connectivity index (χ3v) is 3.43. The molecule has 2 rings (SSSR count). The van der Waals surface area contributed by atoms with E-state index in [0.717, 1.165) is 29.9 Å². The quantitative estimate of drug-likeness (QED) is 0.886. The predicted molar refractivity (Wildman–Crippen MR) is 67.7 cm³/mol. The molecule has 84 valence electrons. The molecule has 0 bridgehead atoms. The van der Waals surface area contributed by atoms with Gasteiger partial charge in [-0.2, -0.15) is 0 Å². The minimum atomic E-state index is 0.626. The summed E-state index contributed by atoms with van der Waals surface area (Å²) in [4.78, 5) is 10.1. The molecule has 0 radical (unpaired) electrons. The van der Waals surface area contributed by atoms with Gasteiger partial charge in [-0.1, -0.05) is 13.0 Å². The van der Waals surface area contributed by atoms with E-state index in [2.05, 4.69) is 28.3 Å². The third kappa shape index (κ3) is 2.22. The smallest absolute Gasteiger partial charge is 0.136 e. The van der Waals surface area contributed by atoms with Crippen LogP contribution in [-0.4, -0.2) is 9.97 Å². The van der Waals surface area contributed by atoms with Crippen LogP contribution in [0.3, 0.4) is 0 Å². The van der Waals surface area contributed by atoms with Crippen molar-refractivity contribution in [1.82, 2.24) is 9.97 Å². The molecule has 2 aromatic rings. The van der Waals surface area contributed by atoms with Crippen LogP contribution in [0, 0.1) is 6.92 Å². The molecule has 0 aromatic carbocycles. The summed E-state index contributed by atoms with van der Waals surface area (Å²) in [6, 6.07) is 4.13. The number of anilines is 1. The molecular weight excluding hydrogens is 218 g/mol. The molecule has 0 fully saturated rings. The van der Waals surface area contributed by atoms with Crippen molar-refractivity contribution in [3.63, 3.8) is 0 Å². The average molecular weight is 233 g/mol. The van der Waals surface area contributed by atoms with Crippen LogP contribution in [0.1, 0.15) is 28.9 Å². The highest BCUT2D eigenvalue weighted by Gasteiger charge is 2.08. The molecule has 0 saturated carbocycles. The molecule has 0 aliphatic rings. The second-order valence-corrected chi connectivity index (χ2v) is 4.73. The van der Waals surface area contributed by atoms with Crippen molar-refractivity contribution in [2.75, 3.05) is 5.73 Å². The first kappa shape index (κ1) is 11.1. The fourth-order valence-electron chi connectivity index (χ4n) is 1.76. The predicted octanol–water partition coefficient (Wildman–Crippen LogP) is 2.58. The minimum absolute atomic E-state index is 0.626. The van der Waals surface area contributed by atoms with Crippen molar-refractivity contribution < 1.29 is 0 Å². The molecule has 2 heterocycles. The van der Waals surface area contributed by atoms with Crippen LogP contribution in [-0.2, 0) is 12.8 Å². The Hall–Kier alpha value is -1.42. The molecule has 3 nitrogen and oxygen atoms in total. The van der Waals surface area contributed by atoms with Crippen molar-refractivity contribution in [2.24, 2.45) is 0 Å². The molecule has 0 amide bonds. The maximum absolute atomic E-state index is 5.91. The summed E-state index contributed by atoms with van der Waals surface area (Å²) in [5, 5.41) is 2.06. The Morgan fingerprint density at radius 1 is 1.38 bits per heavy atom. The first-order valence-electron chi connectivity index (χ1n) is 5.35. The van der Waals surface area contributed by atoms with Crippen molar-refractivity contribution in [3.8, 4) is 0 Å². The number of thiophene rings is 1. The summed E-state index contributed by atoms with van der Waals surface area (Å²) in [5.41, 5.74) is 7.98. The zero-order valence-electron chi connectivity index (χ0n) is 9.53. The summed E-state index contributed by atoms with van der Waals surface area (Å²) in [7, 11) is 0. The Labute approximate surface area is 99.4 Å². The Bertz CT molecular complexity index is 454. The van der Waals surface area contributed by atoms with Crippen LogP contribution in [0.15, 0.2) is 17.5 Å². The van der Waals surface area contributed by atoms with E-state index < -0.39 is 0 Å². The number of nitrogens with two attached hydrogens (primary N) is 1. The molecule has 2 aromatic heterocycles. The molecule has 0 spiro atoms. The fraction of sp³-hybridized carbons (Fsp3) is 0.333. The monoisotopic (exact) mass is 233 g/mol. The van der Waals surface area contributed by atoms with Crippen LogP contribution in [0.25, 0.3) is 0 Å². The number of aromatic nitrogens is 2. The third-order valence-electron chi connectivity index (χ3n) is 2.56. The molecule has 0 atom stereocenters. The lowest BCUT2D eigenvalue weighted by molar-refractivity contribution is 0.919. The molecule has 0 unspecified atom stereocenters. The van der Waals surface area contributed by atoms with E-state index in [0.29, 0.717) is 5.82 Å². The summed E-state index contributed by atoms with van der Waals surface area (Å²) >= 11 is 1.72. The lowest BCUT2D eigenvalue weighted by Crippen LogP contribution is -2.06. The second-order valence-electron chi connectivity index (χ2n) is 3.70. The Balaban J connectivity index is 2.30. The van der Waals surface area contributed by atoms with Gasteiger partial charge in [0.25, 0.3) is 0 Å². The second kappa shape index (κ2) is 4.61. The molecule has 0 saturated heterocycles. The lowest BCUT2D eigenvalue weighted by Gasteiger charge is -2.07. The Morgan fingerprint density at radius 3 is 2.75 bits per heavy atom. The summed E-state index contributed by atoms with van der Waals surface area (Å²) < 4.78 is 0. The normalized spacial score (nSPS) is 10.6. The first-order chi connectivity index (χ1) is 7.70. The number of aryl methyl sites for hydroxylation is 1. The number of nitrogen functional groups attached to an aromatic ring is 1. The maximum Gasteiger partial charge on any atom is 0.136 e. The molecule has 2 N–H and O–H groups in total. The Morgan fingerprint density at radius 2 is 2.19 bits per heavy atom. The number of hydrogen-bond donors (Lipinski definition) is 1. The SMILES string of the molecule is CCc1c(C)nc(Cc2cccs2)nc1N. The van der Waals surface area contributed by atoms with E-state index in [1.165, 1.54) is 4.88 Å². The standard InChI is InChI=1S/C12H15N3S/c1-3-10-8(2)14-11(15-12(10)13)7-9-5-4-6-16-9/h4-6H,3,7H2,1-2H3,(H2,13,14,15). The van der Waals surface area contributed by atoms with E-state index in [9.17, 15) is 0 Å². The van der Waals surface area contributed by atoms with E-state index in [4.69, 9.17) is 5.73 Å². The van der Waals surface area contributed by atoms with Gasteiger partial charge in [0, 0.05) is 22.6 Å². The first-order valence-corrected chi connectivity index (χ1v) is 6.23. The van der Waals surface area contributed by atoms with Crippen LogP contribution in [0.2, 0.25) is 0 Å². The zero-order valence-corrected chi connectivity index (χ0v) is 10.3. The van der Waals surface area contributed by atoms with E-state index in [1.54, 1.807) is 11.3 Å². The highest BCUT2D eigenvalue weighted by Crippen LogP contribution is 2.17. The number of nitrogens with zero attached hydrogens (tertiary/aromatic N) is 2. The van der Waals surface area contributed by atoms with Crippen molar-refractivity contribution >= 4 is 17.2 Å². The summed E-state index contributed by atoms with van der Waals surface area (Å²) in [6.07, 6.45) is 1.66. The van der Waals surface area contributed by atoms with E-state index in [1.807, 2.05) is 13.0 Å². The van der Waals surface area contributed by atoms with Gasteiger partial charge in [-0.3, -0.25) is 0 Å². The van der Waals surface area contributed by atoms with Gasteiger partial charge in [-0.25, -0.2) is 9.97 Å². The molecular formula is C12H15N3S. The minimum Gasteiger partial charge on any atom is -0.383 e. The van der Waals surface area contributed by atoms with Crippen LogP contribution in [0.4, 0.5) is 5.82 Å². The van der Waals surface area contributed by atoms with Crippen LogP contribution < -0.4 is 5.73 Å². The van der Waals surface area contributed by atoms with Gasteiger partial charge in [0.05, 0.1) is 0 Å². The molecule has 4 heteroatoms. The van der Waals surface area contributed by atoms with Gasteiger partial charge < -0.3 is 5.73 Å². The van der Waals surface area contributed by atoms with Gasteiger partial charge in [-0.15, -0.1) is 11.3 Å². The summed E-state index contributed by atoms with van der Waals surface area (Å²) in [6.45, 7) is 4.07. The topological polar surface area (TPSA) is 51.8 Å². The summed E-state index contributed by atoms with van der Waals surface area (Å²) in [5.74, 6) is 1.44. The van der Waals surface area contributed by atoms with Crippen molar-refractivity contribution in [2.45, 2.75) is 26.7 Å². The molecule has 0 aliphatic carbocycles. The molecule has 16 heavy (non-hydrogen) atoms. The fourth-order valence-corrected chi connectivity index (χ4v) is 2.46. The van der Waals surface area contributed by atoms with Crippen molar-refractivity contribution in [1.29, 1.82) is 0 Å². The maximum atomic E-state index is 5.91. The lowest BCUT2D eigenvalue weighted by atomic mass is 10.1. The highest BCUT2D eigenvalue weighted by molar-refractivity contribution is 7.09. The van der Waals surface area contributed by atoms with Gasteiger partial charge in [0.15, 0.2) is 0 Å². The molecule has 0 aliphatic heterocycles. The average Bonchev–Trinajstić information content (AvgIpc) is 2.70. The highest BCUT2D eigenvalue weighted by atomic mass is 32.1. The van der Waals surface area contributed by atoms with Crippen LogP contribution >= 0.6 is 11.3 Å². The van der Waals surface area contributed by atoms with Crippen LogP contribution in [0.5, 0.6) is 0 Å². The number of rotatable bonds is 3. The zero-order chi connectivity index (χ0) is 11.5. The van der Waals surface area contributed by atoms with Gasteiger partial charge >= 0.3 is 0 Å². The van der Waals surface area contributed by atoms with Gasteiger partial charge in [0.1, 0.15) is 11.6 Å². The largest absolute Gasteiger partial charge is 0.383 e. The van der Waals surface area contributed by atoms with E-state index in [-0.39, 0.29) is 0 Å². The van der Waals surface area contributed by atoms with Crippen molar-refractivity contribution in [3.05, 3.63) is 39.5 Å².